The summed E-state index contributed by atoms with van der Waals surface area (Å²) >= 11 is 3.37. The van der Waals surface area contributed by atoms with Crippen LogP contribution in [-0.4, -0.2) is 30.8 Å². The van der Waals surface area contributed by atoms with Crippen molar-refractivity contribution in [3.8, 4) is 0 Å². The van der Waals surface area contributed by atoms with Crippen molar-refractivity contribution in [1.29, 1.82) is 0 Å². The van der Waals surface area contributed by atoms with Crippen LogP contribution in [0.2, 0.25) is 0 Å². The predicted molar refractivity (Wildman–Crippen MR) is 71.6 cm³/mol. The lowest BCUT2D eigenvalue weighted by molar-refractivity contribution is -0.151. The van der Waals surface area contributed by atoms with Gasteiger partial charge in [-0.25, -0.2) is 4.39 Å². The maximum absolute atomic E-state index is 13.0. The van der Waals surface area contributed by atoms with E-state index >= 15 is 0 Å². The van der Waals surface area contributed by atoms with Gasteiger partial charge in [0.2, 0.25) is 0 Å². The van der Waals surface area contributed by atoms with Gasteiger partial charge >= 0.3 is 5.97 Å². The Balaban J connectivity index is 2.06. The SMILES string of the molecule is O=C(O)C1(CF)CCN(c2ccc(Br)cc2)CC1. The molecular weight excluding hydrogens is 301 g/mol. The highest BCUT2D eigenvalue weighted by atomic mass is 79.9. The van der Waals surface area contributed by atoms with E-state index in [2.05, 4.69) is 20.8 Å². The Morgan fingerprint density at radius 2 is 1.89 bits per heavy atom. The maximum atomic E-state index is 13.0. The number of nitrogens with zero attached hydrogens (tertiary/aromatic N) is 1. The van der Waals surface area contributed by atoms with Gasteiger partial charge < -0.3 is 10.0 Å². The van der Waals surface area contributed by atoms with E-state index in [1.54, 1.807) is 0 Å². The molecule has 98 valence electrons. The molecule has 1 fully saturated rings. The molecule has 0 spiro atoms. The Morgan fingerprint density at radius 3 is 2.33 bits per heavy atom. The fourth-order valence-corrected chi connectivity index (χ4v) is 2.51. The van der Waals surface area contributed by atoms with Crippen LogP contribution in [0.4, 0.5) is 10.1 Å². The number of carboxylic acids is 1. The number of aliphatic carboxylic acids is 1. The van der Waals surface area contributed by atoms with Gasteiger partial charge in [-0.15, -0.1) is 0 Å². The molecule has 0 atom stereocenters. The molecule has 0 unspecified atom stereocenters. The second-order valence-electron chi connectivity index (χ2n) is 4.68. The van der Waals surface area contributed by atoms with Crippen molar-refractivity contribution in [2.45, 2.75) is 12.8 Å². The van der Waals surface area contributed by atoms with E-state index in [1.807, 2.05) is 24.3 Å². The minimum atomic E-state index is -1.17. The van der Waals surface area contributed by atoms with Crippen molar-refractivity contribution in [3.05, 3.63) is 28.7 Å². The predicted octanol–water partition coefficient (Wildman–Crippen LogP) is 3.09. The van der Waals surface area contributed by atoms with Crippen LogP contribution in [0.15, 0.2) is 28.7 Å². The zero-order valence-corrected chi connectivity index (χ0v) is 11.5. The van der Waals surface area contributed by atoms with Crippen molar-refractivity contribution >= 4 is 27.6 Å². The summed E-state index contributed by atoms with van der Waals surface area (Å²) in [6, 6.07) is 7.85. The van der Waals surface area contributed by atoms with Crippen LogP contribution in [0.3, 0.4) is 0 Å². The van der Waals surface area contributed by atoms with E-state index in [0.29, 0.717) is 25.9 Å². The molecule has 18 heavy (non-hydrogen) atoms. The first kappa shape index (κ1) is 13.3. The number of halogens is 2. The van der Waals surface area contributed by atoms with Crippen LogP contribution < -0.4 is 4.90 Å². The number of hydrogen-bond acceptors (Lipinski definition) is 2. The smallest absolute Gasteiger partial charge is 0.312 e. The van der Waals surface area contributed by atoms with Gasteiger partial charge in [-0.2, -0.15) is 0 Å². The number of benzene rings is 1. The third-order valence-corrected chi connectivity index (χ3v) is 4.15. The largest absolute Gasteiger partial charge is 0.481 e. The van der Waals surface area contributed by atoms with E-state index in [-0.39, 0.29) is 0 Å². The maximum Gasteiger partial charge on any atom is 0.312 e. The van der Waals surface area contributed by atoms with E-state index in [9.17, 15) is 9.18 Å². The first-order valence-electron chi connectivity index (χ1n) is 5.87. The van der Waals surface area contributed by atoms with Gasteiger partial charge in [0.25, 0.3) is 0 Å². The molecule has 1 aliphatic rings. The van der Waals surface area contributed by atoms with Crippen LogP contribution in [0.1, 0.15) is 12.8 Å². The Bertz CT molecular complexity index is 427. The molecule has 1 N–H and O–H groups in total. The van der Waals surface area contributed by atoms with Gasteiger partial charge in [0.1, 0.15) is 6.67 Å². The Morgan fingerprint density at radius 1 is 1.33 bits per heavy atom. The highest BCUT2D eigenvalue weighted by molar-refractivity contribution is 9.10. The highest BCUT2D eigenvalue weighted by Crippen LogP contribution is 2.34. The molecule has 5 heteroatoms. The number of anilines is 1. The van der Waals surface area contributed by atoms with E-state index in [0.717, 1.165) is 10.2 Å². The lowest BCUT2D eigenvalue weighted by Gasteiger charge is -2.38. The van der Waals surface area contributed by atoms with Gasteiger partial charge in [-0.05, 0) is 37.1 Å². The molecule has 0 bridgehead atoms. The molecule has 1 aliphatic heterocycles. The number of alkyl halides is 1. The van der Waals surface area contributed by atoms with Gasteiger partial charge in [0.05, 0.1) is 5.41 Å². The van der Waals surface area contributed by atoms with Crippen molar-refractivity contribution in [3.63, 3.8) is 0 Å². The molecule has 0 radical (unpaired) electrons. The Kier molecular flexibility index (Phi) is 3.90. The van der Waals surface area contributed by atoms with Gasteiger partial charge in [0.15, 0.2) is 0 Å². The normalized spacial score (nSPS) is 18.7. The van der Waals surface area contributed by atoms with Crippen LogP contribution >= 0.6 is 15.9 Å². The first-order chi connectivity index (χ1) is 8.57. The summed E-state index contributed by atoms with van der Waals surface area (Å²) < 4.78 is 14.0. The second-order valence-corrected chi connectivity index (χ2v) is 5.60. The number of carboxylic acid groups (broad SMARTS) is 1. The average Bonchev–Trinajstić information content (AvgIpc) is 2.39. The van der Waals surface area contributed by atoms with Crippen LogP contribution in [0.5, 0.6) is 0 Å². The molecule has 0 aromatic heterocycles. The number of piperidine rings is 1. The van der Waals surface area contributed by atoms with Gasteiger partial charge in [0, 0.05) is 23.2 Å². The molecule has 1 saturated heterocycles. The minimum absolute atomic E-state index is 0.356. The molecule has 1 aromatic carbocycles. The van der Waals surface area contributed by atoms with Crippen LogP contribution in [0.25, 0.3) is 0 Å². The van der Waals surface area contributed by atoms with Crippen molar-refractivity contribution in [2.75, 3.05) is 24.7 Å². The summed E-state index contributed by atoms with van der Waals surface area (Å²) in [5.74, 6) is -1.01. The summed E-state index contributed by atoms with van der Waals surface area (Å²) in [5.41, 5.74) is -0.123. The van der Waals surface area contributed by atoms with E-state index < -0.39 is 18.1 Å². The molecule has 3 nitrogen and oxygen atoms in total. The summed E-state index contributed by atoms with van der Waals surface area (Å²) in [5, 5.41) is 9.12. The summed E-state index contributed by atoms with van der Waals surface area (Å²) in [4.78, 5) is 13.2. The first-order valence-corrected chi connectivity index (χ1v) is 6.67. The summed E-state index contributed by atoms with van der Waals surface area (Å²) in [7, 11) is 0. The van der Waals surface area contributed by atoms with Crippen molar-refractivity contribution in [1.82, 2.24) is 0 Å². The third kappa shape index (κ3) is 2.51. The standard InChI is InChI=1S/C13H15BrFNO2/c14-10-1-3-11(4-2-10)16-7-5-13(9-15,6-8-16)12(17)18/h1-4H,5-9H2,(H,17,18). The van der Waals surface area contributed by atoms with E-state index in [1.165, 1.54) is 0 Å². The molecule has 0 aliphatic carbocycles. The van der Waals surface area contributed by atoms with Crippen molar-refractivity contribution < 1.29 is 14.3 Å². The quantitative estimate of drug-likeness (QED) is 0.931. The number of hydrogen-bond donors (Lipinski definition) is 1. The highest BCUT2D eigenvalue weighted by Gasteiger charge is 2.41. The summed E-state index contributed by atoms with van der Waals surface area (Å²) in [6.45, 7) is 0.381. The van der Waals surface area contributed by atoms with Gasteiger partial charge in [-0.3, -0.25) is 4.79 Å². The number of rotatable bonds is 3. The fourth-order valence-electron chi connectivity index (χ4n) is 2.25. The molecule has 1 aromatic rings. The molecule has 2 rings (SSSR count). The molecule has 0 saturated carbocycles. The van der Waals surface area contributed by atoms with Crippen molar-refractivity contribution in [2.24, 2.45) is 5.41 Å². The monoisotopic (exact) mass is 315 g/mol. The number of carbonyl (C=O) groups is 1. The van der Waals surface area contributed by atoms with Gasteiger partial charge in [-0.1, -0.05) is 15.9 Å². The fraction of sp³-hybridized carbons (Fsp3) is 0.462. The summed E-state index contributed by atoms with van der Waals surface area (Å²) in [6.07, 6.45) is 0.712. The lowest BCUT2D eigenvalue weighted by Crippen LogP contribution is -2.45. The molecule has 1 heterocycles. The zero-order valence-electron chi connectivity index (χ0n) is 9.90. The molecular formula is C13H15BrFNO2. The lowest BCUT2D eigenvalue weighted by atomic mass is 9.79. The zero-order chi connectivity index (χ0) is 13.2. The Hall–Kier alpha value is -1.10. The molecule has 0 amide bonds. The Labute approximate surface area is 114 Å². The second kappa shape index (κ2) is 5.26. The minimum Gasteiger partial charge on any atom is -0.481 e. The van der Waals surface area contributed by atoms with Crippen LogP contribution in [-0.2, 0) is 4.79 Å². The van der Waals surface area contributed by atoms with E-state index in [4.69, 9.17) is 5.11 Å². The topological polar surface area (TPSA) is 40.5 Å². The third-order valence-electron chi connectivity index (χ3n) is 3.62. The van der Waals surface area contributed by atoms with Crippen LogP contribution in [0, 0.1) is 5.41 Å². The average molecular weight is 316 g/mol.